The van der Waals surface area contributed by atoms with E-state index < -0.39 is 0 Å². The van der Waals surface area contributed by atoms with Gasteiger partial charge in [0.2, 0.25) is 0 Å². The Balaban J connectivity index is 1.69. The van der Waals surface area contributed by atoms with Crippen LogP contribution in [0, 0.1) is 0 Å². The molecule has 0 spiro atoms. The number of nitrogens with zero attached hydrogens (tertiary/aromatic N) is 5. The van der Waals surface area contributed by atoms with Crippen LogP contribution in [0.1, 0.15) is 0 Å². The van der Waals surface area contributed by atoms with Gasteiger partial charge in [-0.05, 0) is 30.3 Å². The van der Waals surface area contributed by atoms with E-state index in [1.54, 1.807) is 6.33 Å². The van der Waals surface area contributed by atoms with Crippen LogP contribution in [0.2, 0.25) is 0 Å². The van der Waals surface area contributed by atoms with E-state index in [9.17, 15) is 0 Å². The highest BCUT2D eigenvalue weighted by Gasteiger charge is 2.09. The first-order valence-corrected chi connectivity index (χ1v) is 7.73. The quantitative estimate of drug-likeness (QED) is 0.499. The highest BCUT2D eigenvalue weighted by Crippen LogP contribution is 2.20. The number of benzene rings is 2. The first-order valence-electron chi connectivity index (χ1n) is 7.73. The number of hydrogen-bond acceptors (Lipinski definition) is 3. The van der Waals surface area contributed by atoms with E-state index in [-0.39, 0.29) is 0 Å². The summed E-state index contributed by atoms with van der Waals surface area (Å²) in [5, 5.41) is 5.57. The van der Waals surface area contributed by atoms with Gasteiger partial charge in [0, 0.05) is 5.39 Å². The van der Waals surface area contributed by atoms with Crippen molar-refractivity contribution in [1.29, 1.82) is 0 Å². The van der Waals surface area contributed by atoms with E-state index in [1.807, 2.05) is 82.2 Å². The van der Waals surface area contributed by atoms with Gasteiger partial charge in [0.05, 0.1) is 22.7 Å². The van der Waals surface area contributed by atoms with E-state index in [1.165, 1.54) is 0 Å². The summed E-state index contributed by atoms with van der Waals surface area (Å²) in [6.45, 7) is 0. The normalized spacial score (nSPS) is 11.3. The Labute approximate surface area is 137 Å². The molecule has 24 heavy (non-hydrogen) atoms. The number of rotatable bonds is 2. The first-order chi connectivity index (χ1) is 11.9. The molecule has 0 aliphatic carbocycles. The zero-order valence-electron chi connectivity index (χ0n) is 12.7. The van der Waals surface area contributed by atoms with Crippen molar-refractivity contribution in [1.82, 2.24) is 24.3 Å². The summed E-state index contributed by atoms with van der Waals surface area (Å²) >= 11 is 0. The predicted octanol–water partition coefficient (Wildman–Crippen LogP) is 3.76. The fraction of sp³-hybridized carbons (Fsp3) is 0. The van der Waals surface area contributed by atoms with Crippen LogP contribution in [-0.4, -0.2) is 24.3 Å². The molecule has 0 bridgehead atoms. The Kier molecular flexibility index (Phi) is 2.72. The summed E-state index contributed by atoms with van der Waals surface area (Å²) in [5.74, 6) is 1.60. The lowest BCUT2D eigenvalue weighted by Gasteiger charge is -2.07. The average molecular weight is 311 g/mol. The smallest absolute Gasteiger partial charge is 0.156 e. The number of aromatic nitrogens is 5. The summed E-state index contributed by atoms with van der Waals surface area (Å²) in [4.78, 5) is 9.22. The fourth-order valence-corrected chi connectivity index (χ4v) is 2.96. The third-order valence-electron chi connectivity index (χ3n) is 4.11. The highest BCUT2D eigenvalue weighted by molar-refractivity contribution is 5.80. The molecule has 0 radical (unpaired) electrons. The average Bonchev–Trinajstić information content (AvgIpc) is 3.26. The molecular formula is C19H13N5. The molecule has 114 valence electrons. The fourth-order valence-electron chi connectivity index (χ4n) is 2.96. The molecule has 5 rings (SSSR count). The molecule has 2 aromatic carbocycles. The third-order valence-corrected chi connectivity index (χ3v) is 4.11. The molecule has 5 heteroatoms. The maximum atomic E-state index is 4.78. The first kappa shape index (κ1) is 13.0. The van der Waals surface area contributed by atoms with Crippen LogP contribution in [0.25, 0.3) is 33.6 Å². The maximum Gasteiger partial charge on any atom is 0.156 e. The van der Waals surface area contributed by atoms with Gasteiger partial charge in [0.25, 0.3) is 0 Å². The Bertz CT molecular complexity index is 1080. The van der Waals surface area contributed by atoms with E-state index in [0.29, 0.717) is 0 Å². The topological polar surface area (TPSA) is 48.5 Å². The van der Waals surface area contributed by atoms with Crippen LogP contribution in [0.4, 0.5) is 0 Å². The highest BCUT2D eigenvalue weighted by atomic mass is 15.3. The standard InChI is InChI=1S/C19H13N5/c1-3-8-16-14(6-1)12-21-24(16)19-11-5-10-18(22-19)23-13-20-15-7-2-4-9-17(15)23/h1-13H. The van der Waals surface area contributed by atoms with E-state index in [4.69, 9.17) is 4.98 Å². The van der Waals surface area contributed by atoms with Crippen LogP contribution >= 0.6 is 0 Å². The molecule has 0 saturated carbocycles. The second-order valence-corrected chi connectivity index (χ2v) is 5.57. The van der Waals surface area contributed by atoms with Crippen molar-refractivity contribution in [2.45, 2.75) is 0 Å². The lowest BCUT2D eigenvalue weighted by atomic mass is 10.2. The van der Waals surface area contributed by atoms with Gasteiger partial charge in [-0.1, -0.05) is 36.4 Å². The largest absolute Gasteiger partial charge is 0.283 e. The monoisotopic (exact) mass is 311 g/mol. The lowest BCUT2D eigenvalue weighted by molar-refractivity contribution is 0.861. The van der Waals surface area contributed by atoms with Crippen molar-refractivity contribution in [3.8, 4) is 11.6 Å². The number of fused-ring (bicyclic) bond motifs is 2. The van der Waals surface area contributed by atoms with Crippen molar-refractivity contribution >= 4 is 21.9 Å². The zero-order chi connectivity index (χ0) is 15.9. The van der Waals surface area contributed by atoms with Crippen molar-refractivity contribution in [2.75, 3.05) is 0 Å². The SMILES string of the molecule is c1cc(-n2cnc3ccccc32)nc(-n2ncc3ccccc32)c1. The van der Waals surface area contributed by atoms with Crippen LogP contribution in [-0.2, 0) is 0 Å². The minimum atomic E-state index is 0.784. The Morgan fingerprint density at radius 2 is 1.50 bits per heavy atom. The zero-order valence-corrected chi connectivity index (χ0v) is 12.7. The van der Waals surface area contributed by atoms with Gasteiger partial charge in [0.1, 0.15) is 12.1 Å². The summed E-state index contributed by atoms with van der Waals surface area (Å²) in [7, 11) is 0. The molecule has 0 aliphatic rings. The molecule has 0 unspecified atom stereocenters. The summed E-state index contributed by atoms with van der Waals surface area (Å²) in [5.41, 5.74) is 3.03. The Morgan fingerprint density at radius 3 is 2.46 bits per heavy atom. The van der Waals surface area contributed by atoms with Gasteiger partial charge < -0.3 is 0 Å². The van der Waals surface area contributed by atoms with Gasteiger partial charge in [-0.25, -0.2) is 14.6 Å². The second kappa shape index (κ2) is 5.03. The molecule has 3 heterocycles. The minimum Gasteiger partial charge on any atom is -0.283 e. The summed E-state index contributed by atoms with van der Waals surface area (Å²) in [6, 6.07) is 22.1. The van der Waals surface area contributed by atoms with Crippen LogP contribution in [0.15, 0.2) is 79.3 Å². The Hall–Kier alpha value is -3.47. The van der Waals surface area contributed by atoms with Gasteiger partial charge >= 0.3 is 0 Å². The third kappa shape index (κ3) is 1.91. The minimum absolute atomic E-state index is 0.784. The number of pyridine rings is 1. The Morgan fingerprint density at radius 1 is 0.708 bits per heavy atom. The predicted molar refractivity (Wildman–Crippen MR) is 93.5 cm³/mol. The van der Waals surface area contributed by atoms with Crippen LogP contribution in [0.5, 0.6) is 0 Å². The maximum absolute atomic E-state index is 4.78. The molecule has 0 aliphatic heterocycles. The number of hydrogen-bond donors (Lipinski definition) is 0. The second-order valence-electron chi connectivity index (χ2n) is 5.57. The molecule has 5 aromatic rings. The van der Waals surface area contributed by atoms with Crippen molar-refractivity contribution in [3.63, 3.8) is 0 Å². The lowest BCUT2D eigenvalue weighted by Crippen LogP contribution is -2.03. The van der Waals surface area contributed by atoms with Gasteiger partial charge in [0.15, 0.2) is 5.82 Å². The van der Waals surface area contributed by atoms with Crippen LogP contribution in [0.3, 0.4) is 0 Å². The molecule has 0 N–H and O–H groups in total. The van der Waals surface area contributed by atoms with Crippen LogP contribution < -0.4 is 0 Å². The molecule has 3 aromatic heterocycles. The molecule has 0 saturated heterocycles. The van der Waals surface area contributed by atoms with Crippen molar-refractivity contribution in [2.24, 2.45) is 0 Å². The summed E-state index contributed by atoms with van der Waals surface area (Å²) in [6.07, 6.45) is 3.66. The number of para-hydroxylation sites is 3. The molecular weight excluding hydrogens is 298 g/mol. The molecule has 0 atom stereocenters. The summed E-state index contributed by atoms with van der Waals surface area (Å²) < 4.78 is 3.85. The molecule has 0 fully saturated rings. The van der Waals surface area contributed by atoms with Gasteiger partial charge in [-0.15, -0.1) is 0 Å². The van der Waals surface area contributed by atoms with Crippen molar-refractivity contribution in [3.05, 3.63) is 79.3 Å². The van der Waals surface area contributed by atoms with E-state index in [2.05, 4.69) is 10.1 Å². The van der Waals surface area contributed by atoms with Gasteiger partial charge in [-0.3, -0.25) is 4.57 Å². The van der Waals surface area contributed by atoms with Gasteiger partial charge in [-0.2, -0.15) is 5.10 Å². The van der Waals surface area contributed by atoms with E-state index in [0.717, 1.165) is 33.6 Å². The number of imidazole rings is 1. The molecule has 0 amide bonds. The molecule has 5 nitrogen and oxygen atoms in total. The van der Waals surface area contributed by atoms with Crippen molar-refractivity contribution < 1.29 is 0 Å². The van der Waals surface area contributed by atoms with E-state index >= 15 is 0 Å².